The molecule has 0 bridgehead atoms. The smallest absolute Gasteiger partial charge is 0.327 e. The topological polar surface area (TPSA) is 54.1 Å². The molecule has 2 N–H and O–H groups in total. The van der Waals surface area contributed by atoms with E-state index in [4.69, 9.17) is 4.74 Å². The van der Waals surface area contributed by atoms with Gasteiger partial charge in [0.2, 0.25) is 0 Å². The molecular weight excluding hydrogens is 264 g/mol. The van der Waals surface area contributed by atoms with E-state index >= 15 is 0 Å². The van der Waals surface area contributed by atoms with Crippen LogP contribution in [0.3, 0.4) is 0 Å². The lowest BCUT2D eigenvalue weighted by Gasteiger charge is -2.35. The molecule has 1 aliphatic heterocycles. The number of carbonyl (C=O) groups excluding carboxylic acids is 1. The minimum atomic E-state index is -0.699. The third kappa shape index (κ3) is 2.25. The molecule has 0 radical (unpaired) electrons. The zero-order valence-corrected chi connectivity index (χ0v) is 12.2. The standard InChI is InChI=1S/C17H20N2O2/c1-3-9-17(16(20)21-4-2)10-13-12-7-5-6-8-14(12)19-15(13)11-18-17/h3,5-8,18-19H,1,4,9-11H2,2H3/t17-/m0/s1. The molecule has 1 atom stereocenters. The van der Waals surface area contributed by atoms with Gasteiger partial charge in [0.15, 0.2) is 0 Å². The Balaban J connectivity index is 2.04. The number of aromatic amines is 1. The van der Waals surface area contributed by atoms with Crippen LogP contribution in [0, 0.1) is 0 Å². The molecule has 0 saturated heterocycles. The predicted molar refractivity (Wildman–Crippen MR) is 83.0 cm³/mol. The van der Waals surface area contributed by atoms with Gasteiger partial charge in [-0.2, -0.15) is 0 Å². The average Bonchev–Trinajstić information content (AvgIpc) is 2.85. The fourth-order valence-corrected chi connectivity index (χ4v) is 3.12. The molecule has 0 amide bonds. The lowest BCUT2D eigenvalue weighted by atomic mass is 9.83. The summed E-state index contributed by atoms with van der Waals surface area (Å²) in [6.45, 7) is 6.65. The minimum Gasteiger partial charge on any atom is -0.465 e. The first-order chi connectivity index (χ1) is 10.2. The fourth-order valence-electron chi connectivity index (χ4n) is 3.12. The number of ether oxygens (including phenoxy) is 1. The average molecular weight is 284 g/mol. The predicted octanol–water partition coefficient (Wildman–Crippen LogP) is 2.69. The van der Waals surface area contributed by atoms with Crippen molar-refractivity contribution in [3.63, 3.8) is 0 Å². The number of esters is 1. The molecule has 21 heavy (non-hydrogen) atoms. The number of carbonyl (C=O) groups is 1. The van der Waals surface area contributed by atoms with Gasteiger partial charge < -0.3 is 9.72 Å². The second-order valence-corrected chi connectivity index (χ2v) is 5.45. The van der Waals surface area contributed by atoms with Gasteiger partial charge in [-0.15, -0.1) is 6.58 Å². The summed E-state index contributed by atoms with van der Waals surface area (Å²) >= 11 is 0. The van der Waals surface area contributed by atoms with Crippen LogP contribution >= 0.6 is 0 Å². The van der Waals surface area contributed by atoms with Crippen molar-refractivity contribution in [2.75, 3.05) is 6.61 Å². The molecule has 0 aliphatic carbocycles. The van der Waals surface area contributed by atoms with Crippen molar-refractivity contribution >= 4 is 16.9 Å². The number of hydrogen-bond donors (Lipinski definition) is 2. The Labute approximate surface area is 124 Å². The van der Waals surface area contributed by atoms with Crippen LogP contribution in [0.1, 0.15) is 24.6 Å². The van der Waals surface area contributed by atoms with Gasteiger partial charge in [-0.05, 0) is 25.0 Å². The molecule has 0 saturated carbocycles. The van der Waals surface area contributed by atoms with Crippen molar-refractivity contribution in [2.24, 2.45) is 0 Å². The van der Waals surface area contributed by atoms with E-state index in [0.717, 1.165) is 11.2 Å². The monoisotopic (exact) mass is 284 g/mol. The molecule has 2 heterocycles. The third-order valence-electron chi connectivity index (χ3n) is 4.14. The first kappa shape index (κ1) is 13.9. The van der Waals surface area contributed by atoms with Gasteiger partial charge in [-0.3, -0.25) is 10.1 Å². The summed E-state index contributed by atoms with van der Waals surface area (Å²) < 4.78 is 5.28. The van der Waals surface area contributed by atoms with E-state index in [1.54, 1.807) is 6.08 Å². The fraction of sp³-hybridized carbons (Fsp3) is 0.353. The van der Waals surface area contributed by atoms with Crippen molar-refractivity contribution in [1.29, 1.82) is 0 Å². The number of rotatable bonds is 4. The van der Waals surface area contributed by atoms with Crippen LogP contribution in [0.2, 0.25) is 0 Å². The molecule has 0 unspecified atom stereocenters. The maximum Gasteiger partial charge on any atom is 0.327 e. The lowest BCUT2D eigenvalue weighted by molar-refractivity contribution is -0.151. The molecule has 1 aliphatic rings. The normalized spacial score (nSPS) is 21.0. The van der Waals surface area contributed by atoms with Crippen LogP contribution in [0.4, 0.5) is 0 Å². The van der Waals surface area contributed by atoms with Crippen LogP contribution in [-0.2, 0) is 22.5 Å². The Morgan fingerprint density at radius 1 is 1.48 bits per heavy atom. The number of fused-ring (bicyclic) bond motifs is 3. The van der Waals surface area contributed by atoms with E-state index in [1.165, 1.54) is 10.9 Å². The number of para-hydroxylation sites is 1. The number of H-pyrrole nitrogens is 1. The minimum absolute atomic E-state index is 0.194. The Bertz CT molecular complexity index is 689. The molecule has 4 heteroatoms. The summed E-state index contributed by atoms with van der Waals surface area (Å²) in [7, 11) is 0. The molecule has 4 nitrogen and oxygen atoms in total. The Kier molecular flexibility index (Phi) is 3.55. The van der Waals surface area contributed by atoms with Crippen LogP contribution in [0.15, 0.2) is 36.9 Å². The Morgan fingerprint density at radius 3 is 3.05 bits per heavy atom. The largest absolute Gasteiger partial charge is 0.465 e. The van der Waals surface area contributed by atoms with Crippen molar-refractivity contribution in [3.05, 3.63) is 48.2 Å². The number of benzene rings is 1. The van der Waals surface area contributed by atoms with Crippen molar-refractivity contribution < 1.29 is 9.53 Å². The van der Waals surface area contributed by atoms with Gasteiger partial charge in [0.25, 0.3) is 0 Å². The van der Waals surface area contributed by atoms with Crippen molar-refractivity contribution in [2.45, 2.75) is 31.8 Å². The summed E-state index contributed by atoms with van der Waals surface area (Å²) in [4.78, 5) is 15.9. The Hall–Kier alpha value is -2.07. The van der Waals surface area contributed by atoms with E-state index < -0.39 is 5.54 Å². The SMILES string of the molecule is C=CC[C@@]1(C(=O)OCC)Cc2c([nH]c3ccccc23)CN1. The molecule has 0 spiro atoms. The van der Waals surface area contributed by atoms with Gasteiger partial charge in [0.05, 0.1) is 6.61 Å². The highest BCUT2D eigenvalue weighted by Crippen LogP contribution is 2.32. The van der Waals surface area contributed by atoms with Gasteiger partial charge in [0, 0.05) is 29.6 Å². The zero-order valence-electron chi connectivity index (χ0n) is 12.2. The summed E-state index contributed by atoms with van der Waals surface area (Å²) in [5.41, 5.74) is 2.78. The lowest BCUT2D eigenvalue weighted by Crippen LogP contribution is -2.56. The maximum absolute atomic E-state index is 12.4. The number of hydrogen-bond acceptors (Lipinski definition) is 3. The molecule has 1 aromatic heterocycles. The van der Waals surface area contributed by atoms with Gasteiger partial charge in [0.1, 0.15) is 5.54 Å². The van der Waals surface area contributed by atoms with Crippen LogP contribution in [0.5, 0.6) is 0 Å². The quantitative estimate of drug-likeness (QED) is 0.670. The molecule has 110 valence electrons. The number of aromatic nitrogens is 1. The molecule has 2 aromatic rings. The first-order valence-corrected chi connectivity index (χ1v) is 7.32. The Morgan fingerprint density at radius 2 is 2.29 bits per heavy atom. The summed E-state index contributed by atoms with van der Waals surface area (Å²) in [5.74, 6) is -0.194. The van der Waals surface area contributed by atoms with Crippen LogP contribution in [-0.4, -0.2) is 23.1 Å². The van der Waals surface area contributed by atoms with E-state index in [1.807, 2.05) is 19.1 Å². The van der Waals surface area contributed by atoms with Crippen molar-refractivity contribution in [1.82, 2.24) is 10.3 Å². The van der Waals surface area contributed by atoms with Gasteiger partial charge in [-0.1, -0.05) is 24.3 Å². The molecule has 3 rings (SSSR count). The van der Waals surface area contributed by atoms with E-state index in [-0.39, 0.29) is 5.97 Å². The van der Waals surface area contributed by atoms with E-state index in [0.29, 0.717) is 26.0 Å². The second kappa shape index (κ2) is 5.37. The highest BCUT2D eigenvalue weighted by molar-refractivity contribution is 5.88. The summed E-state index contributed by atoms with van der Waals surface area (Å²) in [5, 5.41) is 4.55. The summed E-state index contributed by atoms with van der Waals surface area (Å²) in [6, 6.07) is 8.20. The molecule has 1 aromatic carbocycles. The van der Waals surface area contributed by atoms with Crippen LogP contribution < -0.4 is 5.32 Å². The molecular formula is C17H20N2O2. The van der Waals surface area contributed by atoms with Crippen molar-refractivity contribution in [3.8, 4) is 0 Å². The van der Waals surface area contributed by atoms with Gasteiger partial charge in [-0.25, -0.2) is 0 Å². The first-order valence-electron chi connectivity index (χ1n) is 7.32. The highest BCUT2D eigenvalue weighted by Gasteiger charge is 2.42. The van der Waals surface area contributed by atoms with Crippen LogP contribution in [0.25, 0.3) is 10.9 Å². The maximum atomic E-state index is 12.4. The zero-order chi connectivity index (χ0) is 14.9. The number of nitrogens with one attached hydrogen (secondary N) is 2. The molecule has 0 fully saturated rings. The van der Waals surface area contributed by atoms with E-state index in [2.05, 4.69) is 29.0 Å². The summed E-state index contributed by atoms with van der Waals surface area (Å²) in [6.07, 6.45) is 2.96. The third-order valence-corrected chi connectivity index (χ3v) is 4.14. The van der Waals surface area contributed by atoms with Gasteiger partial charge >= 0.3 is 5.97 Å². The second-order valence-electron chi connectivity index (χ2n) is 5.45. The van der Waals surface area contributed by atoms with E-state index in [9.17, 15) is 4.79 Å². The highest BCUT2D eigenvalue weighted by atomic mass is 16.5.